The summed E-state index contributed by atoms with van der Waals surface area (Å²) in [6, 6.07) is 7.26. The van der Waals surface area contributed by atoms with Gasteiger partial charge in [0.25, 0.3) is 0 Å². The van der Waals surface area contributed by atoms with Crippen LogP contribution in [-0.2, 0) is 0 Å². The van der Waals surface area contributed by atoms with E-state index in [1.54, 1.807) is 45.9 Å². The van der Waals surface area contributed by atoms with Gasteiger partial charge in [-0.05, 0) is 32.1 Å². The van der Waals surface area contributed by atoms with E-state index in [9.17, 15) is 4.79 Å². The summed E-state index contributed by atoms with van der Waals surface area (Å²) in [6.45, 7) is 5.78. The molecule has 0 radical (unpaired) electrons. The van der Waals surface area contributed by atoms with Crippen LogP contribution in [0.5, 0.6) is 5.75 Å². The lowest BCUT2D eigenvalue weighted by atomic mass is 10.1. The average Bonchev–Trinajstić information content (AvgIpc) is 2.83. The number of carbonyl (C=O) groups excluding carboxylic acids is 1. The van der Waals surface area contributed by atoms with Gasteiger partial charge in [-0.25, -0.2) is 9.98 Å². The Balaban J connectivity index is 2.53. The van der Waals surface area contributed by atoms with Gasteiger partial charge in [-0.1, -0.05) is 18.6 Å². The second kappa shape index (κ2) is 12.8. The molecule has 0 aliphatic heterocycles. The minimum atomic E-state index is -0.0383. The largest absolute Gasteiger partial charge is 0.494 e. The first-order valence-electron chi connectivity index (χ1n) is 10.9. The summed E-state index contributed by atoms with van der Waals surface area (Å²) in [7, 11) is 5.03. The van der Waals surface area contributed by atoms with Crippen LogP contribution in [0.25, 0.3) is 0 Å². The van der Waals surface area contributed by atoms with Gasteiger partial charge in [0.15, 0.2) is 11.5 Å². The molecule has 9 heteroatoms. The van der Waals surface area contributed by atoms with Crippen LogP contribution in [-0.4, -0.2) is 43.6 Å². The molecule has 0 amide bonds. The molecule has 34 heavy (non-hydrogen) atoms. The van der Waals surface area contributed by atoms with E-state index in [0.717, 1.165) is 5.57 Å². The van der Waals surface area contributed by atoms with Gasteiger partial charge in [0.05, 0.1) is 29.6 Å². The quantitative estimate of drug-likeness (QED) is 0.236. The van der Waals surface area contributed by atoms with E-state index in [2.05, 4.69) is 30.9 Å². The number of carbonyl (C=O) groups is 1. The number of ether oxygens (including phenoxy) is 1. The molecule has 0 bridgehead atoms. The van der Waals surface area contributed by atoms with Crippen molar-refractivity contribution >= 4 is 34.6 Å². The van der Waals surface area contributed by atoms with Crippen LogP contribution in [0.1, 0.15) is 43.1 Å². The van der Waals surface area contributed by atoms with Gasteiger partial charge in [-0.15, -0.1) is 0 Å². The first-order valence-corrected chi connectivity index (χ1v) is 10.9. The Morgan fingerprint density at radius 3 is 2.62 bits per heavy atom. The molecule has 1 heterocycles. The summed E-state index contributed by atoms with van der Waals surface area (Å²) in [5, 5.41) is 9.36. The molecule has 0 aliphatic carbocycles. The zero-order valence-corrected chi connectivity index (χ0v) is 20.6. The predicted octanol–water partition coefficient (Wildman–Crippen LogP) is 4.23. The van der Waals surface area contributed by atoms with E-state index in [-0.39, 0.29) is 5.78 Å². The number of rotatable bonds is 10. The minimum Gasteiger partial charge on any atom is -0.494 e. The van der Waals surface area contributed by atoms with Crippen LogP contribution in [0, 0.1) is 0 Å². The predicted molar refractivity (Wildman–Crippen MR) is 140 cm³/mol. The van der Waals surface area contributed by atoms with Crippen LogP contribution in [0.15, 0.2) is 64.5 Å². The molecule has 180 valence electrons. The van der Waals surface area contributed by atoms with Crippen LogP contribution >= 0.6 is 0 Å². The molecule has 0 saturated heterocycles. The topological polar surface area (TPSA) is 126 Å². The highest BCUT2D eigenvalue weighted by Crippen LogP contribution is 2.33. The van der Waals surface area contributed by atoms with Crippen molar-refractivity contribution in [1.29, 1.82) is 0 Å². The third kappa shape index (κ3) is 6.93. The maximum Gasteiger partial charge on any atom is 0.166 e. The number of ketones is 1. The second-order valence-corrected chi connectivity index (χ2v) is 7.48. The molecule has 0 spiro atoms. The maximum absolute atomic E-state index is 12.6. The molecule has 0 aliphatic rings. The Kier molecular flexibility index (Phi) is 9.82. The van der Waals surface area contributed by atoms with Crippen LogP contribution < -0.4 is 26.4 Å². The van der Waals surface area contributed by atoms with E-state index in [4.69, 9.17) is 10.5 Å². The van der Waals surface area contributed by atoms with Crippen molar-refractivity contribution in [2.24, 2.45) is 15.7 Å². The number of Topliss-reactive ketones (excluding diaryl/α,β-unsaturated/α-hetero) is 1. The SMILES string of the molecule is CCC(=O)c1cnc(NC(C=C(C)C)=NC)cc1Nc1cccc(C(N)=N/C=C/NC)c1OC. The monoisotopic (exact) mass is 463 g/mol. The number of benzene rings is 1. The lowest BCUT2D eigenvalue weighted by molar-refractivity contribution is 0.0988. The Bertz CT molecular complexity index is 1130. The highest BCUT2D eigenvalue weighted by atomic mass is 16.5. The summed E-state index contributed by atoms with van der Waals surface area (Å²) in [6.07, 6.45) is 7.04. The fraction of sp³-hybridized carbons (Fsp3) is 0.280. The normalized spacial score (nSPS) is 11.8. The van der Waals surface area contributed by atoms with Crippen molar-refractivity contribution < 1.29 is 9.53 Å². The van der Waals surface area contributed by atoms with E-state index in [1.807, 2.05) is 45.0 Å². The number of hydrogen-bond donors (Lipinski definition) is 4. The number of allylic oxidation sites excluding steroid dienone is 1. The summed E-state index contributed by atoms with van der Waals surface area (Å²) in [5.74, 6) is 1.96. The summed E-state index contributed by atoms with van der Waals surface area (Å²) >= 11 is 0. The van der Waals surface area contributed by atoms with Crippen molar-refractivity contribution in [1.82, 2.24) is 10.3 Å². The number of pyridine rings is 1. The first kappa shape index (κ1) is 26.1. The number of aromatic nitrogens is 1. The first-order chi connectivity index (χ1) is 16.3. The number of methoxy groups -OCH3 is 1. The van der Waals surface area contributed by atoms with Crippen molar-refractivity contribution in [3.8, 4) is 5.75 Å². The lowest BCUT2D eigenvalue weighted by Crippen LogP contribution is -2.15. The van der Waals surface area contributed by atoms with Gasteiger partial charge >= 0.3 is 0 Å². The van der Waals surface area contributed by atoms with Gasteiger partial charge in [0, 0.05) is 45.2 Å². The lowest BCUT2D eigenvalue weighted by Gasteiger charge is -2.17. The third-order valence-electron chi connectivity index (χ3n) is 4.67. The highest BCUT2D eigenvalue weighted by molar-refractivity contribution is 6.06. The smallest absolute Gasteiger partial charge is 0.166 e. The van der Waals surface area contributed by atoms with Gasteiger partial charge in [0.1, 0.15) is 17.5 Å². The van der Waals surface area contributed by atoms with Gasteiger partial charge in [-0.2, -0.15) is 0 Å². The van der Waals surface area contributed by atoms with Crippen molar-refractivity contribution in [3.05, 3.63) is 65.6 Å². The molecule has 9 nitrogen and oxygen atoms in total. The molecule has 0 fully saturated rings. The fourth-order valence-corrected chi connectivity index (χ4v) is 3.06. The van der Waals surface area contributed by atoms with Gasteiger partial charge in [-0.3, -0.25) is 9.79 Å². The molecule has 1 aromatic carbocycles. The minimum absolute atomic E-state index is 0.0383. The molecule has 5 N–H and O–H groups in total. The molecule has 0 saturated carbocycles. The molecule has 2 rings (SSSR count). The van der Waals surface area contributed by atoms with E-state index >= 15 is 0 Å². The zero-order chi connectivity index (χ0) is 25.1. The van der Waals surface area contributed by atoms with Crippen molar-refractivity contribution in [2.45, 2.75) is 27.2 Å². The number of anilines is 3. The summed E-state index contributed by atoms with van der Waals surface area (Å²) in [5.41, 5.74) is 9.57. The second-order valence-electron chi connectivity index (χ2n) is 7.48. The third-order valence-corrected chi connectivity index (χ3v) is 4.67. The Morgan fingerprint density at radius 2 is 2.00 bits per heavy atom. The van der Waals surface area contributed by atoms with Crippen molar-refractivity contribution in [3.63, 3.8) is 0 Å². The van der Waals surface area contributed by atoms with Crippen LogP contribution in [0.4, 0.5) is 17.2 Å². The van der Waals surface area contributed by atoms with E-state index in [0.29, 0.717) is 52.2 Å². The molecule has 1 aromatic heterocycles. The summed E-state index contributed by atoms with van der Waals surface area (Å²) < 4.78 is 5.65. The van der Waals surface area contributed by atoms with E-state index in [1.165, 1.54) is 0 Å². The molecular weight excluding hydrogens is 430 g/mol. The Hall–Kier alpha value is -4.14. The molecule has 0 atom stereocenters. The van der Waals surface area contributed by atoms with Gasteiger partial charge in [0.2, 0.25) is 0 Å². The average molecular weight is 464 g/mol. The number of aliphatic imine (C=N–C) groups is 2. The van der Waals surface area contributed by atoms with Crippen LogP contribution in [0.3, 0.4) is 0 Å². The molecule has 0 unspecified atom stereocenters. The number of para-hydroxylation sites is 1. The number of nitrogens with one attached hydrogen (secondary N) is 3. The highest BCUT2D eigenvalue weighted by Gasteiger charge is 2.17. The van der Waals surface area contributed by atoms with Crippen molar-refractivity contribution in [2.75, 3.05) is 31.8 Å². The number of nitrogens with two attached hydrogens (primary N) is 1. The fourth-order valence-electron chi connectivity index (χ4n) is 3.06. The maximum atomic E-state index is 12.6. The standard InChI is InChI=1S/C25H33N7O2/c1-7-21(33)18-15-30-23(32-22(28-5)13-16(2)3)14-20(18)31-19-10-8-9-17(24(19)34-6)25(26)29-12-11-27-4/h8-15,27H,7H2,1-6H3,(H2,26,29)(H2,28,30,31,32)/b12-11+. The van der Waals surface area contributed by atoms with Gasteiger partial charge < -0.3 is 26.4 Å². The Labute approximate surface area is 200 Å². The Morgan fingerprint density at radius 1 is 1.24 bits per heavy atom. The molecule has 2 aromatic rings. The summed E-state index contributed by atoms with van der Waals surface area (Å²) in [4.78, 5) is 25.5. The van der Waals surface area contributed by atoms with E-state index < -0.39 is 0 Å². The number of amidine groups is 2. The zero-order valence-electron chi connectivity index (χ0n) is 20.6. The number of nitrogens with zero attached hydrogens (tertiary/aromatic N) is 3. The van der Waals surface area contributed by atoms with Crippen LogP contribution in [0.2, 0.25) is 0 Å². The number of hydrogen-bond acceptors (Lipinski definition) is 7. The molecular formula is C25H33N7O2.